The molecule has 0 aliphatic heterocycles. The highest BCUT2D eigenvalue weighted by Crippen LogP contribution is 2.28. The number of halogens is 2. The second-order valence-corrected chi connectivity index (χ2v) is 4.78. The maximum Gasteiger partial charge on any atom is 0.322 e. The van der Waals surface area contributed by atoms with E-state index in [0.717, 1.165) is 6.42 Å². The lowest BCUT2D eigenvalue weighted by atomic mass is 10.3. The first-order valence-corrected chi connectivity index (χ1v) is 7.03. The molecule has 2 aromatic rings. The Morgan fingerprint density at radius 1 is 1.19 bits per heavy atom. The number of nitrogens with zero attached hydrogens (tertiary/aromatic N) is 3. The fourth-order valence-electron chi connectivity index (χ4n) is 1.51. The molecule has 0 spiro atoms. The number of nitrogens with one attached hydrogen (secondary N) is 1. The van der Waals surface area contributed by atoms with E-state index in [9.17, 15) is 0 Å². The normalized spacial score (nSPS) is 10.3. The zero-order chi connectivity index (χ0) is 15.2. The fourth-order valence-corrected chi connectivity index (χ4v) is 1.86. The lowest BCUT2D eigenvalue weighted by Gasteiger charge is -2.09. The summed E-state index contributed by atoms with van der Waals surface area (Å²) in [6, 6.07) is 5.39. The molecule has 1 aromatic heterocycles. The van der Waals surface area contributed by atoms with Crippen molar-refractivity contribution in [3.05, 3.63) is 28.5 Å². The number of rotatable bonds is 6. The maximum absolute atomic E-state index is 5.97. The van der Waals surface area contributed by atoms with Gasteiger partial charge in [-0.1, -0.05) is 18.5 Å². The Bertz CT molecular complexity index is 625. The van der Waals surface area contributed by atoms with Gasteiger partial charge in [0.25, 0.3) is 0 Å². The molecule has 0 saturated carbocycles. The van der Waals surface area contributed by atoms with Crippen molar-refractivity contribution in [3.63, 3.8) is 0 Å². The zero-order valence-electron chi connectivity index (χ0n) is 11.6. The van der Waals surface area contributed by atoms with Gasteiger partial charge in [-0.2, -0.15) is 15.0 Å². The van der Waals surface area contributed by atoms with Crippen molar-refractivity contribution in [2.24, 2.45) is 0 Å². The Morgan fingerprint density at radius 3 is 2.71 bits per heavy atom. The summed E-state index contributed by atoms with van der Waals surface area (Å²) in [6.45, 7) is 2.50. The van der Waals surface area contributed by atoms with Crippen LogP contribution < -0.4 is 14.8 Å². The third-order valence-electron chi connectivity index (χ3n) is 2.43. The summed E-state index contributed by atoms with van der Waals surface area (Å²) < 4.78 is 10.5. The molecular weight excluding hydrogens is 315 g/mol. The molecule has 1 aromatic carbocycles. The largest absolute Gasteiger partial charge is 0.495 e. The number of benzene rings is 1. The summed E-state index contributed by atoms with van der Waals surface area (Å²) >= 11 is 11.8. The molecule has 2 rings (SSSR count). The summed E-state index contributed by atoms with van der Waals surface area (Å²) in [7, 11) is 1.54. The summed E-state index contributed by atoms with van der Waals surface area (Å²) in [6.07, 6.45) is 0.848. The van der Waals surface area contributed by atoms with Crippen LogP contribution in [0.15, 0.2) is 18.2 Å². The van der Waals surface area contributed by atoms with E-state index in [1.807, 2.05) is 6.92 Å². The van der Waals surface area contributed by atoms with Crippen LogP contribution in [-0.2, 0) is 0 Å². The molecule has 6 nitrogen and oxygen atoms in total. The van der Waals surface area contributed by atoms with Crippen LogP contribution in [0.1, 0.15) is 13.3 Å². The van der Waals surface area contributed by atoms with Gasteiger partial charge >= 0.3 is 6.01 Å². The van der Waals surface area contributed by atoms with Crippen LogP contribution in [0.25, 0.3) is 0 Å². The van der Waals surface area contributed by atoms with Gasteiger partial charge in [0.2, 0.25) is 11.2 Å². The van der Waals surface area contributed by atoms with Gasteiger partial charge in [0.15, 0.2) is 0 Å². The summed E-state index contributed by atoms with van der Waals surface area (Å²) in [5, 5.41) is 3.57. The molecule has 21 heavy (non-hydrogen) atoms. The molecule has 0 aliphatic rings. The minimum absolute atomic E-state index is 0.0551. The molecule has 1 N–H and O–H groups in total. The Hall–Kier alpha value is -1.79. The zero-order valence-corrected chi connectivity index (χ0v) is 13.1. The SMILES string of the molecule is CCCOc1nc(Cl)nc(Nc2ccc(Cl)c(OC)c2)n1. The Balaban J connectivity index is 2.20. The van der Waals surface area contributed by atoms with Crippen LogP contribution >= 0.6 is 23.2 Å². The van der Waals surface area contributed by atoms with E-state index in [0.29, 0.717) is 23.1 Å². The Morgan fingerprint density at radius 2 is 2.00 bits per heavy atom. The Labute approximate surface area is 132 Å². The van der Waals surface area contributed by atoms with E-state index in [1.165, 1.54) is 0 Å². The van der Waals surface area contributed by atoms with Crippen LogP contribution in [0.5, 0.6) is 11.8 Å². The minimum atomic E-state index is 0.0551. The number of anilines is 2. The monoisotopic (exact) mass is 328 g/mol. The Kier molecular flexibility index (Phi) is 5.41. The molecule has 0 amide bonds. The van der Waals surface area contributed by atoms with Crippen molar-refractivity contribution in [2.75, 3.05) is 19.0 Å². The van der Waals surface area contributed by atoms with Gasteiger partial charge in [-0.3, -0.25) is 0 Å². The van der Waals surface area contributed by atoms with E-state index in [4.69, 9.17) is 32.7 Å². The third kappa shape index (κ3) is 4.34. The maximum atomic E-state index is 5.97. The van der Waals surface area contributed by atoms with Gasteiger partial charge in [-0.15, -0.1) is 0 Å². The van der Waals surface area contributed by atoms with Gasteiger partial charge in [0.05, 0.1) is 18.7 Å². The summed E-state index contributed by atoms with van der Waals surface area (Å²) in [5.41, 5.74) is 0.708. The van der Waals surface area contributed by atoms with Crippen molar-refractivity contribution in [1.82, 2.24) is 15.0 Å². The lowest BCUT2D eigenvalue weighted by molar-refractivity contribution is 0.292. The molecule has 0 radical (unpaired) electrons. The molecular formula is C13H14Cl2N4O2. The second kappa shape index (κ2) is 7.28. The molecule has 0 atom stereocenters. The lowest BCUT2D eigenvalue weighted by Crippen LogP contribution is -2.05. The van der Waals surface area contributed by atoms with Crippen molar-refractivity contribution in [3.8, 4) is 11.8 Å². The third-order valence-corrected chi connectivity index (χ3v) is 2.91. The van der Waals surface area contributed by atoms with Crippen LogP contribution in [0.2, 0.25) is 10.3 Å². The standard InChI is InChI=1S/C13H14Cl2N4O2/c1-3-6-21-13-18-11(15)17-12(19-13)16-8-4-5-9(14)10(7-8)20-2/h4-5,7H,3,6H2,1-2H3,(H,16,17,18,19). The molecule has 0 fully saturated rings. The van der Waals surface area contributed by atoms with Crippen LogP contribution in [0.3, 0.4) is 0 Å². The first-order chi connectivity index (χ1) is 10.1. The number of hydrogen-bond donors (Lipinski definition) is 1. The van der Waals surface area contributed by atoms with Crippen molar-refractivity contribution in [1.29, 1.82) is 0 Å². The predicted molar refractivity (Wildman–Crippen MR) is 81.9 cm³/mol. The van der Waals surface area contributed by atoms with Gasteiger partial charge in [-0.05, 0) is 30.2 Å². The number of ether oxygens (including phenoxy) is 2. The van der Waals surface area contributed by atoms with Gasteiger partial charge in [0, 0.05) is 11.8 Å². The molecule has 0 aliphatic carbocycles. The van der Waals surface area contributed by atoms with Crippen LogP contribution in [0.4, 0.5) is 11.6 Å². The highest BCUT2D eigenvalue weighted by atomic mass is 35.5. The smallest absolute Gasteiger partial charge is 0.322 e. The molecule has 0 bridgehead atoms. The predicted octanol–water partition coefficient (Wildman–Crippen LogP) is 3.72. The van der Waals surface area contributed by atoms with Crippen LogP contribution in [0, 0.1) is 0 Å². The van der Waals surface area contributed by atoms with Crippen LogP contribution in [-0.4, -0.2) is 28.7 Å². The van der Waals surface area contributed by atoms with Crippen molar-refractivity contribution < 1.29 is 9.47 Å². The fraction of sp³-hybridized carbons (Fsp3) is 0.308. The highest BCUT2D eigenvalue weighted by molar-refractivity contribution is 6.32. The van der Waals surface area contributed by atoms with E-state index in [1.54, 1.807) is 25.3 Å². The average Bonchev–Trinajstić information content (AvgIpc) is 2.46. The molecule has 0 unspecified atom stereocenters. The first kappa shape index (κ1) is 15.6. The first-order valence-electron chi connectivity index (χ1n) is 6.27. The average molecular weight is 329 g/mol. The highest BCUT2D eigenvalue weighted by Gasteiger charge is 2.08. The molecule has 8 heteroatoms. The van der Waals surface area contributed by atoms with Crippen molar-refractivity contribution in [2.45, 2.75) is 13.3 Å². The van der Waals surface area contributed by atoms with E-state index in [-0.39, 0.29) is 17.2 Å². The number of aromatic nitrogens is 3. The van der Waals surface area contributed by atoms with E-state index < -0.39 is 0 Å². The van der Waals surface area contributed by atoms with Gasteiger partial charge in [-0.25, -0.2) is 0 Å². The molecule has 1 heterocycles. The second-order valence-electron chi connectivity index (χ2n) is 4.03. The number of methoxy groups -OCH3 is 1. The molecule has 0 saturated heterocycles. The van der Waals surface area contributed by atoms with Crippen molar-refractivity contribution >= 4 is 34.8 Å². The van der Waals surface area contributed by atoms with Gasteiger partial charge < -0.3 is 14.8 Å². The minimum Gasteiger partial charge on any atom is -0.495 e. The van der Waals surface area contributed by atoms with Gasteiger partial charge in [0.1, 0.15) is 5.75 Å². The summed E-state index contributed by atoms with van der Waals surface area (Å²) in [4.78, 5) is 12.0. The topological polar surface area (TPSA) is 69.2 Å². The number of hydrogen-bond acceptors (Lipinski definition) is 6. The van der Waals surface area contributed by atoms with E-state index >= 15 is 0 Å². The summed E-state index contributed by atoms with van der Waals surface area (Å²) in [5.74, 6) is 0.828. The quantitative estimate of drug-likeness (QED) is 0.871. The molecule has 112 valence electrons. The van der Waals surface area contributed by atoms with E-state index in [2.05, 4.69) is 20.3 Å².